The van der Waals surface area contributed by atoms with Gasteiger partial charge in [0.1, 0.15) is 5.82 Å². The van der Waals surface area contributed by atoms with Crippen molar-refractivity contribution < 1.29 is 0 Å². The first-order chi connectivity index (χ1) is 10.9. The van der Waals surface area contributed by atoms with E-state index in [1.165, 1.54) is 23.4 Å². The maximum Gasteiger partial charge on any atom is 0.332 e. The van der Waals surface area contributed by atoms with Crippen LogP contribution in [-0.4, -0.2) is 33.9 Å². The van der Waals surface area contributed by atoms with Crippen molar-refractivity contribution in [2.24, 2.45) is 14.1 Å². The van der Waals surface area contributed by atoms with Crippen LogP contribution in [0.1, 0.15) is 5.82 Å². The quantitative estimate of drug-likeness (QED) is 0.684. The summed E-state index contributed by atoms with van der Waals surface area (Å²) in [4.78, 5) is 31.4. The molecule has 0 bridgehead atoms. The number of nitrogens with zero attached hydrogens (tertiary/aromatic N) is 6. The third-order valence-corrected chi connectivity index (χ3v) is 4.35. The Balaban J connectivity index is 2.11. The van der Waals surface area contributed by atoms with E-state index >= 15 is 0 Å². The fourth-order valence-electron chi connectivity index (χ4n) is 2.22. The van der Waals surface area contributed by atoms with Gasteiger partial charge in [0.25, 0.3) is 5.56 Å². The first-order valence-corrected chi connectivity index (χ1v) is 7.60. The highest BCUT2D eigenvalue weighted by Crippen LogP contribution is 2.25. The van der Waals surface area contributed by atoms with Gasteiger partial charge in [0.2, 0.25) is 0 Å². The molecular formula is C13H15N7O2S. The van der Waals surface area contributed by atoms with Crippen LogP contribution in [0, 0.1) is 6.92 Å². The Labute approximate surface area is 134 Å². The van der Waals surface area contributed by atoms with Crippen LogP contribution in [0.5, 0.6) is 0 Å². The lowest BCUT2D eigenvalue weighted by molar-refractivity contribution is 0.702. The Morgan fingerprint density at radius 2 is 2.00 bits per heavy atom. The average molecular weight is 333 g/mol. The fraction of sp³-hybridized carbons (Fsp3) is 0.308. The summed E-state index contributed by atoms with van der Waals surface area (Å²) in [6.45, 7) is 6.13. The summed E-state index contributed by atoms with van der Waals surface area (Å²) in [5.41, 5.74) is -0.238. The maximum absolute atomic E-state index is 12.2. The maximum atomic E-state index is 12.2. The number of nitrogens with one attached hydrogen (secondary N) is 1. The molecule has 0 saturated heterocycles. The second kappa shape index (κ2) is 5.54. The summed E-state index contributed by atoms with van der Waals surface area (Å²) in [6, 6.07) is 0. The highest BCUT2D eigenvalue weighted by Gasteiger charge is 2.16. The van der Waals surface area contributed by atoms with E-state index < -0.39 is 11.2 Å². The standard InChI is InChI=1S/C13H15N7O2S/c1-5-6-20-7(2)16-17-12(20)23-11-14-8-9(15-11)18(3)13(22)19(4)10(8)21/h5H,1,6H2,2-4H3,(H,14,15). The van der Waals surface area contributed by atoms with E-state index in [0.717, 1.165) is 10.4 Å². The number of allylic oxidation sites excluding steroid dienone is 1. The smallest absolute Gasteiger partial charge is 0.327 e. The zero-order chi connectivity index (χ0) is 16.7. The molecule has 9 nitrogen and oxygen atoms in total. The van der Waals surface area contributed by atoms with Crippen molar-refractivity contribution in [2.75, 3.05) is 0 Å². The molecule has 0 aliphatic carbocycles. The topological polar surface area (TPSA) is 103 Å². The van der Waals surface area contributed by atoms with Gasteiger partial charge in [0.15, 0.2) is 21.5 Å². The zero-order valence-electron chi connectivity index (χ0n) is 12.9. The Bertz CT molecular complexity index is 1020. The van der Waals surface area contributed by atoms with Crippen LogP contribution in [0.25, 0.3) is 11.2 Å². The molecule has 0 saturated carbocycles. The zero-order valence-corrected chi connectivity index (χ0v) is 13.7. The third-order valence-electron chi connectivity index (χ3n) is 3.47. The third kappa shape index (κ3) is 2.40. The number of hydrogen-bond donors (Lipinski definition) is 1. The molecule has 0 amide bonds. The van der Waals surface area contributed by atoms with Crippen molar-refractivity contribution in [3.8, 4) is 0 Å². The van der Waals surface area contributed by atoms with E-state index in [2.05, 4.69) is 26.7 Å². The van der Waals surface area contributed by atoms with Gasteiger partial charge in [-0.3, -0.25) is 13.9 Å². The largest absolute Gasteiger partial charge is 0.332 e. The minimum absolute atomic E-state index is 0.281. The lowest BCUT2D eigenvalue weighted by Crippen LogP contribution is -2.36. The van der Waals surface area contributed by atoms with Gasteiger partial charge in [0.05, 0.1) is 0 Å². The summed E-state index contributed by atoms with van der Waals surface area (Å²) in [6.07, 6.45) is 1.75. The number of aromatic amines is 1. The highest BCUT2D eigenvalue weighted by molar-refractivity contribution is 7.99. The van der Waals surface area contributed by atoms with Gasteiger partial charge < -0.3 is 9.55 Å². The molecule has 3 aromatic heterocycles. The number of rotatable bonds is 4. The summed E-state index contributed by atoms with van der Waals surface area (Å²) in [5.74, 6) is 0.756. The Kier molecular flexibility index (Phi) is 3.68. The van der Waals surface area contributed by atoms with E-state index in [4.69, 9.17) is 0 Å². The highest BCUT2D eigenvalue weighted by atomic mass is 32.2. The minimum atomic E-state index is -0.420. The predicted octanol–water partition coefficient (Wildman–Crippen LogP) is 0.197. The summed E-state index contributed by atoms with van der Waals surface area (Å²) in [5, 5.41) is 9.22. The van der Waals surface area contributed by atoms with Crippen LogP contribution in [-0.2, 0) is 20.6 Å². The van der Waals surface area contributed by atoms with Gasteiger partial charge in [-0.15, -0.1) is 16.8 Å². The monoisotopic (exact) mass is 333 g/mol. The number of aryl methyl sites for hydroxylation is 2. The normalized spacial score (nSPS) is 11.3. The Hall–Kier alpha value is -2.62. The van der Waals surface area contributed by atoms with Crippen molar-refractivity contribution >= 4 is 22.9 Å². The van der Waals surface area contributed by atoms with E-state index in [1.54, 1.807) is 13.1 Å². The molecule has 1 N–H and O–H groups in total. The van der Waals surface area contributed by atoms with Crippen molar-refractivity contribution in [3.05, 3.63) is 39.3 Å². The van der Waals surface area contributed by atoms with Gasteiger partial charge >= 0.3 is 5.69 Å². The second-order valence-corrected chi connectivity index (χ2v) is 5.93. The molecule has 120 valence electrons. The van der Waals surface area contributed by atoms with Gasteiger partial charge in [-0.05, 0) is 18.7 Å². The van der Waals surface area contributed by atoms with Crippen LogP contribution in [0.15, 0.2) is 32.6 Å². The Morgan fingerprint density at radius 3 is 2.70 bits per heavy atom. The second-order valence-electron chi connectivity index (χ2n) is 4.98. The van der Waals surface area contributed by atoms with E-state index in [0.29, 0.717) is 22.5 Å². The molecular weight excluding hydrogens is 318 g/mol. The minimum Gasteiger partial charge on any atom is -0.327 e. The van der Waals surface area contributed by atoms with Crippen LogP contribution in [0.2, 0.25) is 0 Å². The van der Waals surface area contributed by atoms with Crippen LogP contribution in [0.4, 0.5) is 0 Å². The van der Waals surface area contributed by atoms with Gasteiger partial charge in [-0.25, -0.2) is 9.78 Å². The SMILES string of the molecule is C=CCn1c(C)nnc1Sc1nc2c([nH]1)c(=O)n(C)c(=O)n2C. The van der Waals surface area contributed by atoms with E-state index in [1.807, 2.05) is 11.5 Å². The lowest BCUT2D eigenvalue weighted by Gasteiger charge is -2.02. The number of H-pyrrole nitrogens is 1. The van der Waals surface area contributed by atoms with Crippen molar-refractivity contribution in [1.82, 2.24) is 33.9 Å². The summed E-state index contributed by atoms with van der Waals surface area (Å²) < 4.78 is 4.25. The van der Waals surface area contributed by atoms with E-state index in [9.17, 15) is 9.59 Å². The molecule has 0 aliphatic heterocycles. The Morgan fingerprint density at radius 1 is 1.26 bits per heavy atom. The molecule has 0 unspecified atom stereocenters. The molecule has 0 aromatic carbocycles. The number of imidazole rings is 1. The lowest BCUT2D eigenvalue weighted by atomic mass is 10.5. The fourth-order valence-corrected chi connectivity index (χ4v) is 3.07. The van der Waals surface area contributed by atoms with Crippen LogP contribution in [0.3, 0.4) is 0 Å². The number of hydrogen-bond acceptors (Lipinski definition) is 6. The summed E-state index contributed by atoms with van der Waals surface area (Å²) in [7, 11) is 3.01. The van der Waals surface area contributed by atoms with Crippen LogP contribution >= 0.6 is 11.8 Å². The molecule has 0 aliphatic rings. The molecule has 0 fully saturated rings. The molecule has 3 aromatic rings. The van der Waals surface area contributed by atoms with Crippen LogP contribution < -0.4 is 11.2 Å². The molecule has 0 spiro atoms. The molecule has 3 rings (SSSR count). The molecule has 0 radical (unpaired) electrons. The molecule has 0 atom stereocenters. The van der Waals surface area contributed by atoms with Gasteiger partial charge in [-0.1, -0.05) is 6.08 Å². The first kappa shape index (κ1) is 15.3. The summed E-state index contributed by atoms with van der Waals surface area (Å²) >= 11 is 1.24. The van der Waals surface area contributed by atoms with Crippen molar-refractivity contribution in [1.29, 1.82) is 0 Å². The van der Waals surface area contributed by atoms with Gasteiger partial charge in [-0.2, -0.15) is 0 Å². The molecule has 23 heavy (non-hydrogen) atoms. The van der Waals surface area contributed by atoms with E-state index in [-0.39, 0.29) is 5.52 Å². The number of aromatic nitrogens is 7. The first-order valence-electron chi connectivity index (χ1n) is 6.78. The van der Waals surface area contributed by atoms with Crippen molar-refractivity contribution in [3.63, 3.8) is 0 Å². The molecule has 3 heterocycles. The van der Waals surface area contributed by atoms with Crippen molar-refractivity contribution in [2.45, 2.75) is 23.8 Å². The average Bonchev–Trinajstić information content (AvgIpc) is 3.10. The number of fused-ring (bicyclic) bond motifs is 1. The predicted molar refractivity (Wildman–Crippen MR) is 85.7 cm³/mol. The van der Waals surface area contributed by atoms with Gasteiger partial charge in [0, 0.05) is 20.6 Å². The molecule has 10 heteroatoms.